The van der Waals surface area contributed by atoms with Gasteiger partial charge in [-0.1, -0.05) is 6.07 Å². The monoisotopic (exact) mass is 494 g/mol. The Morgan fingerprint density at radius 3 is 2.31 bits per heavy atom. The van der Waals surface area contributed by atoms with E-state index in [1.807, 2.05) is 0 Å². The third-order valence-corrected chi connectivity index (χ3v) is 5.77. The number of aliphatic hydroxyl groups excluding tert-OH is 1. The second-order valence-electron chi connectivity index (χ2n) is 8.11. The zero-order chi connectivity index (χ0) is 25.0. The van der Waals surface area contributed by atoms with Gasteiger partial charge >= 0.3 is 0 Å². The number of carbonyl (C=O) groups excluding carboxylic acids is 1. The molecule has 1 saturated heterocycles. The highest BCUT2D eigenvalue weighted by Gasteiger charge is 2.27. The average molecular weight is 495 g/mol. The summed E-state index contributed by atoms with van der Waals surface area (Å²) in [5.74, 6) is 1.04. The molecule has 2 aromatic carbocycles. The highest BCUT2D eigenvalue weighted by Crippen LogP contribution is 2.32. The lowest BCUT2D eigenvalue weighted by molar-refractivity contribution is -0.123. The third-order valence-electron chi connectivity index (χ3n) is 5.77. The molecule has 192 valence electrons. The molecule has 1 fully saturated rings. The number of methoxy groups -OCH3 is 1. The summed E-state index contributed by atoms with van der Waals surface area (Å²) in [7, 11) is 1.58. The quantitative estimate of drug-likeness (QED) is 0.416. The maximum atomic E-state index is 12.8. The normalized spacial score (nSPS) is 15.3. The van der Waals surface area contributed by atoms with Gasteiger partial charge in [0.15, 0.2) is 11.5 Å². The van der Waals surface area contributed by atoms with Gasteiger partial charge in [0.25, 0.3) is 0 Å². The van der Waals surface area contributed by atoms with E-state index in [4.69, 9.17) is 18.9 Å². The van der Waals surface area contributed by atoms with Crippen LogP contribution in [0.3, 0.4) is 0 Å². The van der Waals surface area contributed by atoms with Crippen molar-refractivity contribution in [3.63, 3.8) is 0 Å². The summed E-state index contributed by atoms with van der Waals surface area (Å²) in [4.78, 5) is 14.9. The van der Waals surface area contributed by atoms with Crippen molar-refractivity contribution in [3.05, 3.63) is 48.0 Å². The SMILES string of the molecule is COc1ccc(OCCC(=O)N[C@H](CN2CCCC2)[C@H](O)c2ccc(OCF)c(OCF)c2)cc1. The van der Waals surface area contributed by atoms with Crippen molar-refractivity contribution < 1.29 is 37.6 Å². The van der Waals surface area contributed by atoms with Gasteiger partial charge in [-0.2, -0.15) is 0 Å². The van der Waals surface area contributed by atoms with E-state index in [1.54, 1.807) is 31.4 Å². The Morgan fingerprint density at radius 1 is 1.00 bits per heavy atom. The van der Waals surface area contributed by atoms with Crippen molar-refractivity contribution in [2.24, 2.45) is 0 Å². The van der Waals surface area contributed by atoms with Crippen LogP contribution in [0.5, 0.6) is 23.0 Å². The standard InChI is InChI=1S/C25H32F2N2O6/c1-32-19-5-7-20(8-6-19)33-13-10-24(30)28-21(15-29-11-2-3-12-29)25(31)18-4-9-22(34-16-26)23(14-18)35-17-27/h4-9,14,21,25,31H,2-3,10-13,15-17H2,1H3,(H,28,30)/t21-,25-/m1/s1. The predicted molar refractivity (Wildman–Crippen MR) is 125 cm³/mol. The lowest BCUT2D eigenvalue weighted by Crippen LogP contribution is -2.47. The number of ether oxygens (including phenoxy) is 4. The van der Waals surface area contributed by atoms with E-state index < -0.39 is 25.9 Å². The molecule has 10 heteroatoms. The molecule has 1 amide bonds. The number of amides is 1. The molecule has 2 aromatic rings. The van der Waals surface area contributed by atoms with E-state index in [0.717, 1.165) is 25.9 Å². The van der Waals surface area contributed by atoms with E-state index in [-0.39, 0.29) is 30.4 Å². The van der Waals surface area contributed by atoms with Crippen LogP contribution in [0.1, 0.15) is 30.9 Å². The van der Waals surface area contributed by atoms with Gasteiger partial charge in [0.1, 0.15) is 17.6 Å². The lowest BCUT2D eigenvalue weighted by Gasteiger charge is -2.29. The Balaban J connectivity index is 1.64. The molecule has 35 heavy (non-hydrogen) atoms. The molecule has 0 bridgehead atoms. The van der Waals surface area contributed by atoms with Crippen LogP contribution < -0.4 is 24.3 Å². The highest BCUT2D eigenvalue weighted by atomic mass is 19.1. The first kappa shape index (κ1) is 26.5. The summed E-state index contributed by atoms with van der Waals surface area (Å²) in [6, 6.07) is 10.7. The number of likely N-dealkylation sites (tertiary alicyclic amines) is 1. The number of carbonyl (C=O) groups is 1. The van der Waals surface area contributed by atoms with E-state index in [0.29, 0.717) is 23.6 Å². The largest absolute Gasteiger partial charge is 0.497 e. The summed E-state index contributed by atoms with van der Waals surface area (Å²) < 4.78 is 45.9. The average Bonchev–Trinajstić information content (AvgIpc) is 3.38. The molecule has 0 aliphatic carbocycles. The first-order chi connectivity index (χ1) is 17.0. The molecular formula is C25H32F2N2O6. The topological polar surface area (TPSA) is 89.5 Å². The molecule has 1 aliphatic rings. The van der Waals surface area contributed by atoms with Crippen molar-refractivity contribution in [2.75, 3.05) is 47.1 Å². The Morgan fingerprint density at radius 2 is 1.66 bits per heavy atom. The number of halogens is 2. The molecule has 0 radical (unpaired) electrons. The minimum atomic E-state index is -1.13. The lowest BCUT2D eigenvalue weighted by atomic mass is 10.0. The van der Waals surface area contributed by atoms with E-state index in [9.17, 15) is 18.7 Å². The zero-order valence-corrected chi connectivity index (χ0v) is 19.8. The van der Waals surface area contributed by atoms with Crippen molar-refractivity contribution in [2.45, 2.75) is 31.4 Å². The molecule has 1 aliphatic heterocycles. The summed E-state index contributed by atoms with van der Waals surface area (Å²) in [5, 5.41) is 14.0. The number of benzene rings is 2. The van der Waals surface area contributed by atoms with E-state index in [1.165, 1.54) is 18.2 Å². The second-order valence-corrected chi connectivity index (χ2v) is 8.11. The van der Waals surface area contributed by atoms with Gasteiger partial charge in [-0.25, -0.2) is 8.78 Å². The molecule has 1 heterocycles. The smallest absolute Gasteiger partial charge is 0.228 e. The number of aliphatic hydroxyl groups is 1. The summed E-state index contributed by atoms with van der Waals surface area (Å²) in [6.45, 7) is 0.113. The molecule has 0 saturated carbocycles. The van der Waals surface area contributed by atoms with Crippen LogP contribution in [0, 0.1) is 0 Å². The van der Waals surface area contributed by atoms with Gasteiger partial charge in [0.2, 0.25) is 19.6 Å². The number of alkyl halides is 2. The molecule has 0 spiro atoms. The van der Waals surface area contributed by atoms with Gasteiger partial charge in [0, 0.05) is 6.54 Å². The zero-order valence-electron chi connectivity index (χ0n) is 19.8. The van der Waals surface area contributed by atoms with Crippen molar-refractivity contribution in [1.29, 1.82) is 0 Å². The van der Waals surface area contributed by atoms with Crippen LogP contribution in [0.4, 0.5) is 8.78 Å². The Labute approximate surface area is 203 Å². The van der Waals surface area contributed by atoms with Gasteiger partial charge in [-0.3, -0.25) is 4.79 Å². The fourth-order valence-electron chi connectivity index (χ4n) is 3.97. The number of nitrogens with zero attached hydrogens (tertiary/aromatic N) is 1. The summed E-state index contributed by atoms with van der Waals surface area (Å²) in [6.07, 6.45) is 1.09. The van der Waals surface area contributed by atoms with Crippen LogP contribution in [0.25, 0.3) is 0 Å². The molecule has 0 unspecified atom stereocenters. The number of hydrogen-bond acceptors (Lipinski definition) is 7. The second kappa shape index (κ2) is 13.7. The maximum Gasteiger partial charge on any atom is 0.228 e. The van der Waals surface area contributed by atoms with Crippen molar-refractivity contribution >= 4 is 5.91 Å². The van der Waals surface area contributed by atoms with Crippen LogP contribution in [0.15, 0.2) is 42.5 Å². The van der Waals surface area contributed by atoms with Crippen LogP contribution in [-0.2, 0) is 4.79 Å². The van der Waals surface area contributed by atoms with Gasteiger partial charge < -0.3 is 34.3 Å². The third kappa shape index (κ3) is 7.97. The highest BCUT2D eigenvalue weighted by molar-refractivity contribution is 5.76. The van der Waals surface area contributed by atoms with Gasteiger partial charge in [0.05, 0.1) is 26.2 Å². The predicted octanol–water partition coefficient (Wildman–Crippen LogP) is 3.39. The van der Waals surface area contributed by atoms with E-state index >= 15 is 0 Å². The molecule has 8 nitrogen and oxygen atoms in total. The Kier molecular flexibility index (Phi) is 10.4. The maximum absolute atomic E-state index is 12.8. The Bertz CT molecular complexity index is 925. The Hall–Kier alpha value is -3.11. The molecule has 0 aromatic heterocycles. The minimum absolute atomic E-state index is 0.0249. The van der Waals surface area contributed by atoms with E-state index in [2.05, 4.69) is 10.2 Å². The van der Waals surface area contributed by atoms with Crippen LogP contribution in [-0.4, -0.2) is 69.0 Å². The number of hydrogen-bond donors (Lipinski definition) is 2. The summed E-state index contributed by atoms with van der Waals surface area (Å²) >= 11 is 0. The van der Waals surface area contributed by atoms with Crippen LogP contribution in [0.2, 0.25) is 0 Å². The molecule has 2 atom stereocenters. The minimum Gasteiger partial charge on any atom is -0.497 e. The van der Waals surface area contributed by atoms with Crippen LogP contribution >= 0.6 is 0 Å². The van der Waals surface area contributed by atoms with Crippen molar-refractivity contribution in [3.8, 4) is 23.0 Å². The van der Waals surface area contributed by atoms with Gasteiger partial charge in [-0.15, -0.1) is 0 Å². The summed E-state index contributed by atoms with van der Waals surface area (Å²) in [5.41, 5.74) is 0.388. The number of rotatable bonds is 14. The molecule has 2 N–H and O–H groups in total. The van der Waals surface area contributed by atoms with Gasteiger partial charge in [-0.05, 0) is 67.9 Å². The van der Waals surface area contributed by atoms with Crippen molar-refractivity contribution in [1.82, 2.24) is 10.2 Å². The number of nitrogens with one attached hydrogen (secondary N) is 1. The fraction of sp³-hybridized carbons (Fsp3) is 0.480. The fourth-order valence-corrected chi connectivity index (χ4v) is 3.97. The molecule has 3 rings (SSSR count). The first-order valence-corrected chi connectivity index (χ1v) is 11.5. The molecular weight excluding hydrogens is 462 g/mol. The first-order valence-electron chi connectivity index (χ1n) is 11.5.